The number of benzene rings is 2. The van der Waals surface area contributed by atoms with E-state index >= 15 is 8.78 Å². The van der Waals surface area contributed by atoms with E-state index in [-0.39, 0.29) is 11.6 Å². The third kappa shape index (κ3) is 10.7. The second-order valence-corrected chi connectivity index (χ2v) is 23.5. The van der Waals surface area contributed by atoms with Gasteiger partial charge in [0, 0.05) is 74.0 Å². The van der Waals surface area contributed by atoms with Gasteiger partial charge in [0.25, 0.3) is 0 Å². The van der Waals surface area contributed by atoms with Crippen molar-refractivity contribution in [1.29, 1.82) is 0 Å². The highest BCUT2D eigenvalue weighted by Crippen LogP contribution is 2.46. The summed E-state index contributed by atoms with van der Waals surface area (Å²) >= 11 is 7.12. The van der Waals surface area contributed by atoms with Crippen LogP contribution in [0.5, 0.6) is 0 Å². The number of halogens is 2. The SMILES string of the molecule is CCCCCCc1ccc(-c2ccc(-c3cc4c(cc3F)c3c(c5cc(F)c(-c6ccc(-c7ccc(CCCCCC)s7)s6)cc5n3CCCCC(C)C)n4CCCCC(C)C)s2)s1. The predicted octanol–water partition coefficient (Wildman–Crippen LogP) is 19.8. The fraction of sp³-hybridized carbons (Fsp3) is 0.464. The van der Waals surface area contributed by atoms with Crippen LogP contribution in [0.2, 0.25) is 0 Å². The first kappa shape index (κ1) is 47.0. The number of fused-ring (bicyclic) bond motifs is 5. The van der Waals surface area contributed by atoms with Crippen LogP contribution in [-0.4, -0.2) is 9.13 Å². The molecule has 6 heterocycles. The number of rotatable bonds is 24. The van der Waals surface area contributed by atoms with Crippen molar-refractivity contribution >= 4 is 78.2 Å². The maximum absolute atomic E-state index is 16.9. The molecule has 0 bridgehead atoms. The van der Waals surface area contributed by atoms with Gasteiger partial charge in [0.15, 0.2) is 0 Å². The maximum Gasteiger partial charge on any atom is 0.132 e. The van der Waals surface area contributed by atoms with Crippen molar-refractivity contribution in [2.75, 3.05) is 0 Å². The summed E-state index contributed by atoms with van der Waals surface area (Å²) in [5.74, 6) is 0.863. The zero-order valence-electron chi connectivity index (χ0n) is 39.1. The van der Waals surface area contributed by atoms with E-state index in [1.54, 1.807) is 34.8 Å². The van der Waals surface area contributed by atoms with Crippen molar-refractivity contribution in [2.45, 2.75) is 157 Å². The van der Waals surface area contributed by atoms with Crippen molar-refractivity contribution in [2.24, 2.45) is 11.8 Å². The Hall–Kier alpha value is -3.56. The van der Waals surface area contributed by atoms with Gasteiger partial charge >= 0.3 is 0 Å². The van der Waals surface area contributed by atoms with E-state index in [0.717, 1.165) is 107 Å². The van der Waals surface area contributed by atoms with Gasteiger partial charge in [-0.2, -0.15) is 0 Å². The maximum atomic E-state index is 16.9. The van der Waals surface area contributed by atoms with Crippen molar-refractivity contribution < 1.29 is 8.78 Å². The molecule has 0 amide bonds. The zero-order valence-corrected chi connectivity index (χ0v) is 42.4. The van der Waals surface area contributed by atoms with Crippen LogP contribution in [0, 0.1) is 23.5 Å². The molecular weight excluding hydrogens is 867 g/mol. The molecule has 0 fully saturated rings. The van der Waals surface area contributed by atoms with E-state index in [2.05, 4.69) is 111 Å². The van der Waals surface area contributed by atoms with Gasteiger partial charge in [-0.1, -0.05) is 106 Å². The molecule has 2 nitrogen and oxygen atoms in total. The third-order valence-corrected chi connectivity index (χ3v) is 17.9. The van der Waals surface area contributed by atoms with Gasteiger partial charge in [-0.05, 0) is 123 Å². The minimum atomic E-state index is -0.199. The summed E-state index contributed by atoms with van der Waals surface area (Å²) in [6.07, 6.45) is 18.9. The molecule has 0 N–H and O–H groups in total. The van der Waals surface area contributed by atoms with Crippen LogP contribution in [0.15, 0.2) is 72.8 Å². The van der Waals surface area contributed by atoms with Gasteiger partial charge in [0.2, 0.25) is 0 Å². The number of thiophene rings is 4. The molecule has 8 aromatic rings. The lowest BCUT2D eigenvalue weighted by atomic mass is 10.1. The van der Waals surface area contributed by atoms with Crippen LogP contribution >= 0.6 is 45.3 Å². The molecule has 2 aromatic carbocycles. The van der Waals surface area contributed by atoms with Crippen LogP contribution in [-0.2, 0) is 25.9 Å². The summed E-state index contributed by atoms with van der Waals surface area (Å²) in [5, 5.41) is 1.85. The minimum absolute atomic E-state index is 0.199. The molecule has 0 saturated heterocycles. The Labute approximate surface area is 397 Å². The lowest BCUT2D eigenvalue weighted by molar-refractivity contribution is 0.515. The smallest absolute Gasteiger partial charge is 0.132 e. The average Bonchev–Trinajstić information content (AvgIpc) is 4.14. The van der Waals surface area contributed by atoms with Gasteiger partial charge in [0.1, 0.15) is 11.6 Å². The topological polar surface area (TPSA) is 9.86 Å². The number of aryl methyl sites for hydroxylation is 4. The van der Waals surface area contributed by atoms with Gasteiger partial charge in [-0.3, -0.25) is 0 Å². The molecule has 0 saturated carbocycles. The Balaban J connectivity index is 1.20. The summed E-state index contributed by atoms with van der Waals surface area (Å²) in [4.78, 5) is 9.64. The Morgan fingerprint density at radius 2 is 0.828 bits per heavy atom. The van der Waals surface area contributed by atoms with Crippen LogP contribution in [0.1, 0.15) is 141 Å². The first-order valence-electron chi connectivity index (χ1n) is 24.5. The minimum Gasteiger partial charge on any atom is -0.339 e. The highest BCUT2D eigenvalue weighted by atomic mass is 32.1. The molecule has 64 heavy (non-hydrogen) atoms. The predicted molar refractivity (Wildman–Crippen MR) is 281 cm³/mol. The van der Waals surface area contributed by atoms with Crippen LogP contribution < -0.4 is 0 Å². The summed E-state index contributed by atoms with van der Waals surface area (Å²) < 4.78 is 38.5. The lowest BCUT2D eigenvalue weighted by Crippen LogP contribution is -2.00. The van der Waals surface area contributed by atoms with Gasteiger partial charge in [-0.25, -0.2) is 8.78 Å². The lowest BCUT2D eigenvalue weighted by Gasteiger charge is -2.12. The molecule has 0 unspecified atom stereocenters. The summed E-state index contributed by atoms with van der Waals surface area (Å²) in [5.41, 5.74) is 5.44. The second-order valence-electron chi connectivity index (χ2n) is 19.0. The molecule has 0 aliphatic carbocycles. The molecular formula is C56H68F2N2S4. The molecule has 340 valence electrons. The van der Waals surface area contributed by atoms with Crippen molar-refractivity contribution in [3.63, 3.8) is 0 Å². The first-order chi connectivity index (χ1) is 31.1. The zero-order chi connectivity index (χ0) is 44.7. The number of hydrogen-bond acceptors (Lipinski definition) is 4. The van der Waals surface area contributed by atoms with Crippen LogP contribution in [0.3, 0.4) is 0 Å². The van der Waals surface area contributed by atoms with Crippen molar-refractivity contribution in [3.8, 4) is 40.4 Å². The standard InChI is InChI=1S/C56H68F2N2S4/c1-7-9-11-13-21-39-23-25-51(61-39)53-29-27-49(63-53)41-35-47-43(33-45(41)57)55-56(59(47)31-17-15-19-37(3)4)44-34-46(58)42(36-48(44)60(55)32-18-16-20-38(5)6)50-28-30-54(64-50)52-26-24-40(62-52)22-14-12-10-8-2/h23-30,33-38H,7-22,31-32H2,1-6H3. The molecule has 0 spiro atoms. The first-order valence-corrected chi connectivity index (χ1v) is 27.8. The van der Waals surface area contributed by atoms with Gasteiger partial charge < -0.3 is 9.13 Å². The number of unbranched alkanes of at least 4 members (excludes halogenated alkanes) is 8. The molecule has 0 radical (unpaired) electrons. The fourth-order valence-electron chi connectivity index (χ4n) is 9.45. The van der Waals surface area contributed by atoms with Crippen molar-refractivity contribution in [3.05, 3.63) is 94.2 Å². The second kappa shape index (κ2) is 21.8. The molecule has 8 rings (SSSR count). The van der Waals surface area contributed by atoms with Gasteiger partial charge in [0.05, 0.1) is 22.1 Å². The molecule has 0 aliphatic heterocycles. The van der Waals surface area contributed by atoms with E-state index in [1.807, 2.05) is 22.7 Å². The number of aromatic nitrogens is 2. The molecule has 0 atom stereocenters. The summed E-state index contributed by atoms with van der Waals surface area (Å²) in [6.45, 7) is 15.3. The van der Waals surface area contributed by atoms with Crippen LogP contribution in [0.25, 0.3) is 73.2 Å². The average molecular weight is 935 g/mol. The summed E-state index contributed by atoms with van der Waals surface area (Å²) in [6, 6.07) is 25.4. The van der Waals surface area contributed by atoms with Crippen molar-refractivity contribution in [1.82, 2.24) is 9.13 Å². The van der Waals surface area contributed by atoms with E-state index in [0.29, 0.717) is 23.0 Å². The Morgan fingerprint density at radius 3 is 1.23 bits per heavy atom. The Bertz CT molecular complexity index is 2580. The van der Waals surface area contributed by atoms with E-state index < -0.39 is 0 Å². The van der Waals surface area contributed by atoms with E-state index in [1.165, 1.54) is 80.6 Å². The van der Waals surface area contributed by atoms with Gasteiger partial charge in [-0.15, -0.1) is 45.3 Å². The highest BCUT2D eigenvalue weighted by Gasteiger charge is 2.25. The monoisotopic (exact) mass is 934 g/mol. The number of hydrogen-bond donors (Lipinski definition) is 0. The van der Waals surface area contributed by atoms with E-state index in [4.69, 9.17) is 0 Å². The molecule has 0 aliphatic rings. The highest BCUT2D eigenvalue weighted by molar-refractivity contribution is 7.24. The quantitative estimate of drug-likeness (QED) is 0.0534. The Morgan fingerprint density at radius 1 is 0.438 bits per heavy atom. The number of nitrogens with zero attached hydrogens (tertiary/aromatic N) is 2. The Kier molecular flexibility index (Phi) is 16.0. The molecule has 8 heteroatoms. The molecule has 6 aromatic heterocycles. The fourth-order valence-corrected chi connectivity index (χ4v) is 13.8. The van der Waals surface area contributed by atoms with E-state index in [9.17, 15) is 0 Å². The normalized spacial score (nSPS) is 12.2. The summed E-state index contributed by atoms with van der Waals surface area (Å²) in [7, 11) is 0. The largest absolute Gasteiger partial charge is 0.339 e. The van der Waals surface area contributed by atoms with Crippen LogP contribution in [0.4, 0.5) is 8.78 Å². The third-order valence-electron chi connectivity index (χ3n) is 13.0.